The van der Waals surface area contributed by atoms with E-state index in [4.69, 9.17) is 0 Å². The van der Waals surface area contributed by atoms with Gasteiger partial charge >= 0.3 is 0 Å². The number of nitrogens with one attached hydrogen (secondary N) is 1. The van der Waals surface area contributed by atoms with Crippen LogP contribution in [0, 0.1) is 5.92 Å². The van der Waals surface area contributed by atoms with E-state index in [9.17, 15) is 4.79 Å². The van der Waals surface area contributed by atoms with Crippen LogP contribution < -0.4 is 15.1 Å². The zero-order valence-electron chi connectivity index (χ0n) is 15.4. The summed E-state index contributed by atoms with van der Waals surface area (Å²) in [6, 6.07) is 0. The topological polar surface area (TPSA) is 61.4 Å². The maximum Gasteiger partial charge on any atom is 0.225 e. The molecule has 1 aromatic heterocycles. The molecule has 25 heavy (non-hydrogen) atoms. The van der Waals surface area contributed by atoms with Crippen molar-refractivity contribution in [2.75, 3.05) is 42.5 Å². The lowest BCUT2D eigenvalue weighted by atomic mass is 9.95. The molecule has 6 heteroatoms. The highest BCUT2D eigenvalue weighted by molar-refractivity contribution is 5.78. The van der Waals surface area contributed by atoms with Crippen molar-refractivity contribution in [2.45, 2.75) is 51.9 Å². The largest absolute Gasteiger partial charge is 0.369 e. The lowest BCUT2D eigenvalue weighted by Gasteiger charge is -2.32. The van der Waals surface area contributed by atoms with E-state index in [-0.39, 0.29) is 11.8 Å². The highest BCUT2D eigenvalue weighted by Gasteiger charge is 2.25. The van der Waals surface area contributed by atoms with Crippen LogP contribution in [0.15, 0.2) is 12.4 Å². The molecule has 3 heterocycles. The van der Waals surface area contributed by atoms with E-state index in [1.54, 1.807) is 0 Å². The number of carbonyl (C=O) groups excluding carboxylic acids is 1. The molecule has 0 atom stereocenters. The Hall–Kier alpha value is -1.85. The lowest BCUT2D eigenvalue weighted by molar-refractivity contribution is -0.125. The fourth-order valence-corrected chi connectivity index (χ4v) is 3.70. The fraction of sp³-hybridized carbons (Fsp3) is 0.737. The van der Waals surface area contributed by atoms with Gasteiger partial charge in [0.2, 0.25) is 11.9 Å². The van der Waals surface area contributed by atoms with Gasteiger partial charge in [0.15, 0.2) is 0 Å². The average molecular weight is 345 g/mol. The van der Waals surface area contributed by atoms with E-state index >= 15 is 0 Å². The van der Waals surface area contributed by atoms with E-state index in [0.29, 0.717) is 0 Å². The number of rotatable bonds is 5. The number of hydrogen-bond donors (Lipinski definition) is 1. The summed E-state index contributed by atoms with van der Waals surface area (Å²) in [5.41, 5.74) is 1.07. The number of piperidine rings is 1. The molecule has 2 aliphatic rings. The molecule has 0 aliphatic carbocycles. The molecule has 1 N–H and O–H groups in total. The molecule has 138 valence electrons. The van der Waals surface area contributed by atoms with Gasteiger partial charge in [-0.1, -0.05) is 19.8 Å². The van der Waals surface area contributed by atoms with Crippen LogP contribution in [0.3, 0.4) is 0 Å². The summed E-state index contributed by atoms with van der Waals surface area (Å²) in [5, 5.41) is 3.02. The third-order valence-corrected chi connectivity index (χ3v) is 5.29. The van der Waals surface area contributed by atoms with E-state index in [1.807, 2.05) is 12.4 Å². The Morgan fingerprint density at radius 1 is 1.04 bits per heavy atom. The molecule has 0 spiro atoms. The maximum atomic E-state index is 12.1. The SMILES string of the molecule is CCCNC(=O)C1CCN(c2cnc(N3CCCCCC3)nc2)CC1. The number of amides is 1. The van der Waals surface area contributed by atoms with Gasteiger partial charge in [-0.3, -0.25) is 4.79 Å². The smallest absolute Gasteiger partial charge is 0.225 e. The second kappa shape index (κ2) is 9.02. The summed E-state index contributed by atoms with van der Waals surface area (Å²) < 4.78 is 0. The lowest BCUT2D eigenvalue weighted by Crippen LogP contribution is -2.40. The predicted octanol–water partition coefficient (Wildman–Crippen LogP) is 2.60. The highest BCUT2D eigenvalue weighted by Crippen LogP contribution is 2.24. The molecule has 3 rings (SSSR count). The minimum absolute atomic E-state index is 0.153. The van der Waals surface area contributed by atoms with Crippen molar-refractivity contribution >= 4 is 17.5 Å². The first-order valence-corrected chi connectivity index (χ1v) is 9.87. The first-order valence-electron chi connectivity index (χ1n) is 9.87. The summed E-state index contributed by atoms with van der Waals surface area (Å²) in [4.78, 5) is 25.9. The van der Waals surface area contributed by atoms with Crippen LogP contribution in [0.2, 0.25) is 0 Å². The van der Waals surface area contributed by atoms with Crippen molar-refractivity contribution in [3.05, 3.63) is 12.4 Å². The van der Waals surface area contributed by atoms with Crippen molar-refractivity contribution in [1.82, 2.24) is 15.3 Å². The maximum absolute atomic E-state index is 12.1. The van der Waals surface area contributed by atoms with Crippen LogP contribution in [0.4, 0.5) is 11.6 Å². The van der Waals surface area contributed by atoms with E-state index in [1.165, 1.54) is 25.7 Å². The third-order valence-electron chi connectivity index (χ3n) is 5.29. The van der Waals surface area contributed by atoms with Gasteiger partial charge in [-0.05, 0) is 32.1 Å². The van der Waals surface area contributed by atoms with Gasteiger partial charge in [-0.15, -0.1) is 0 Å². The van der Waals surface area contributed by atoms with Crippen LogP contribution in [0.25, 0.3) is 0 Å². The van der Waals surface area contributed by atoms with Gasteiger partial charge in [0, 0.05) is 38.6 Å². The number of nitrogens with zero attached hydrogens (tertiary/aromatic N) is 4. The number of aromatic nitrogens is 2. The molecule has 2 saturated heterocycles. The molecule has 0 radical (unpaired) electrons. The Morgan fingerprint density at radius 3 is 2.28 bits per heavy atom. The molecule has 0 unspecified atom stereocenters. The molecule has 0 aromatic carbocycles. The van der Waals surface area contributed by atoms with Crippen molar-refractivity contribution in [1.29, 1.82) is 0 Å². The zero-order chi connectivity index (χ0) is 17.5. The van der Waals surface area contributed by atoms with Gasteiger partial charge in [-0.2, -0.15) is 0 Å². The molecule has 2 aliphatic heterocycles. The summed E-state index contributed by atoms with van der Waals surface area (Å²) in [7, 11) is 0. The van der Waals surface area contributed by atoms with Gasteiger partial charge < -0.3 is 15.1 Å². The zero-order valence-corrected chi connectivity index (χ0v) is 15.4. The van der Waals surface area contributed by atoms with Gasteiger partial charge in [0.1, 0.15) is 0 Å². The Balaban J connectivity index is 1.52. The van der Waals surface area contributed by atoms with Crippen LogP contribution in [-0.4, -0.2) is 48.6 Å². The van der Waals surface area contributed by atoms with Crippen LogP contribution in [0.1, 0.15) is 51.9 Å². The number of hydrogen-bond acceptors (Lipinski definition) is 5. The second-order valence-corrected chi connectivity index (χ2v) is 7.19. The monoisotopic (exact) mass is 345 g/mol. The average Bonchev–Trinajstić information content (AvgIpc) is 2.96. The third kappa shape index (κ3) is 4.83. The molecular formula is C19H31N5O. The normalized spacial score (nSPS) is 19.6. The van der Waals surface area contributed by atoms with Gasteiger partial charge in [0.05, 0.1) is 18.1 Å². The first kappa shape index (κ1) is 18.0. The number of carbonyl (C=O) groups is 1. The highest BCUT2D eigenvalue weighted by atomic mass is 16.1. The Kier molecular flexibility index (Phi) is 6.48. The van der Waals surface area contributed by atoms with E-state index in [2.05, 4.69) is 32.0 Å². The first-order chi connectivity index (χ1) is 12.3. The van der Waals surface area contributed by atoms with Gasteiger partial charge in [0.25, 0.3) is 0 Å². The summed E-state index contributed by atoms with van der Waals surface area (Å²) >= 11 is 0. The fourth-order valence-electron chi connectivity index (χ4n) is 3.70. The Labute approximate surface area is 151 Å². The van der Waals surface area contributed by atoms with Crippen molar-refractivity contribution < 1.29 is 4.79 Å². The molecule has 1 aromatic rings. The predicted molar refractivity (Wildman–Crippen MR) is 101 cm³/mol. The van der Waals surface area contributed by atoms with Crippen molar-refractivity contribution in [3.63, 3.8) is 0 Å². The quantitative estimate of drug-likeness (QED) is 0.889. The molecular weight excluding hydrogens is 314 g/mol. The Morgan fingerprint density at radius 2 is 1.68 bits per heavy atom. The standard InChI is InChI=1S/C19H31N5O/c1-2-9-20-18(25)16-7-12-23(13-8-16)17-14-21-19(22-15-17)24-10-5-3-4-6-11-24/h14-16H,2-13H2,1H3,(H,20,25). The number of anilines is 2. The molecule has 6 nitrogen and oxygen atoms in total. The van der Waals surface area contributed by atoms with Crippen LogP contribution in [-0.2, 0) is 4.79 Å². The van der Waals surface area contributed by atoms with Crippen LogP contribution in [0.5, 0.6) is 0 Å². The van der Waals surface area contributed by atoms with Crippen molar-refractivity contribution in [2.24, 2.45) is 5.92 Å². The minimum Gasteiger partial charge on any atom is -0.369 e. The molecule has 1 amide bonds. The molecule has 2 fully saturated rings. The van der Waals surface area contributed by atoms with Crippen LogP contribution >= 0.6 is 0 Å². The summed E-state index contributed by atoms with van der Waals surface area (Å²) in [5.74, 6) is 1.23. The van der Waals surface area contributed by atoms with Crippen molar-refractivity contribution in [3.8, 4) is 0 Å². The minimum atomic E-state index is 0.153. The van der Waals surface area contributed by atoms with E-state index in [0.717, 1.165) is 63.6 Å². The Bertz CT molecular complexity index is 531. The molecule has 0 saturated carbocycles. The summed E-state index contributed by atoms with van der Waals surface area (Å²) in [6.45, 7) is 6.80. The summed E-state index contributed by atoms with van der Waals surface area (Å²) in [6.07, 6.45) is 11.8. The van der Waals surface area contributed by atoms with Gasteiger partial charge in [-0.25, -0.2) is 9.97 Å². The van der Waals surface area contributed by atoms with E-state index < -0.39 is 0 Å². The second-order valence-electron chi connectivity index (χ2n) is 7.19. The molecule has 0 bridgehead atoms.